The van der Waals surface area contributed by atoms with Gasteiger partial charge < -0.3 is 24.4 Å². The molecule has 0 spiro atoms. The summed E-state index contributed by atoms with van der Waals surface area (Å²) < 4.78 is 7.56. The van der Waals surface area contributed by atoms with Gasteiger partial charge in [0.25, 0.3) is 0 Å². The van der Waals surface area contributed by atoms with Gasteiger partial charge in [-0.05, 0) is 18.1 Å². The highest BCUT2D eigenvalue weighted by molar-refractivity contribution is 14.0. The van der Waals surface area contributed by atoms with Crippen molar-refractivity contribution in [1.82, 2.24) is 19.8 Å². The highest BCUT2D eigenvalue weighted by Crippen LogP contribution is 2.22. The number of hydrogen-bond donors (Lipinski definition) is 1. The van der Waals surface area contributed by atoms with Crippen LogP contribution in [0.25, 0.3) is 0 Å². The minimum absolute atomic E-state index is 0. The van der Waals surface area contributed by atoms with Crippen LogP contribution in [-0.4, -0.2) is 60.7 Å². The van der Waals surface area contributed by atoms with Gasteiger partial charge in [0.05, 0.1) is 13.7 Å². The number of nitrogens with zero attached hydrogens (tertiary/aromatic N) is 5. The summed E-state index contributed by atoms with van der Waals surface area (Å²) in [5.41, 5.74) is 1.21. The van der Waals surface area contributed by atoms with Crippen molar-refractivity contribution in [3.8, 4) is 5.75 Å². The second kappa shape index (κ2) is 11.3. The van der Waals surface area contributed by atoms with Crippen molar-refractivity contribution in [3.05, 3.63) is 42.5 Å². The van der Waals surface area contributed by atoms with Crippen LogP contribution in [0.4, 0.5) is 5.69 Å². The first-order valence-electron chi connectivity index (χ1n) is 9.95. The Labute approximate surface area is 191 Å². The Morgan fingerprint density at radius 2 is 2.00 bits per heavy atom. The van der Waals surface area contributed by atoms with E-state index in [0.717, 1.165) is 50.3 Å². The molecule has 1 aliphatic rings. The van der Waals surface area contributed by atoms with Crippen LogP contribution in [-0.2, 0) is 13.1 Å². The van der Waals surface area contributed by atoms with Crippen LogP contribution in [0.1, 0.15) is 19.7 Å². The molecule has 0 radical (unpaired) electrons. The largest absolute Gasteiger partial charge is 0.497 e. The van der Waals surface area contributed by atoms with Crippen LogP contribution < -0.4 is 15.0 Å². The Morgan fingerprint density at radius 3 is 2.66 bits per heavy atom. The third-order valence-corrected chi connectivity index (χ3v) is 4.98. The highest BCUT2D eigenvalue weighted by Gasteiger charge is 2.20. The zero-order valence-corrected chi connectivity index (χ0v) is 20.2. The molecule has 1 fully saturated rings. The molecule has 7 nitrogen and oxygen atoms in total. The molecule has 1 N–H and O–H groups in total. The fourth-order valence-corrected chi connectivity index (χ4v) is 3.54. The fraction of sp³-hybridized carbons (Fsp3) is 0.524. The Bertz CT molecular complexity index is 783. The molecular weight excluding hydrogens is 479 g/mol. The van der Waals surface area contributed by atoms with E-state index in [1.807, 2.05) is 31.6 Å². The van der Waals surface area contributed by atoms with Crippen molar-refractivity contribution < 1.29 is 4.74 Å². The second-order valence-electron chi connectivity index (χ2n) is 7.47. The first kappa shape index (κ1) is 23.3. The van der Waals surface area contributed by atoms with Crippen LogP contribution >= 0.6 is 24.0 Å². The molecule has 0 amide bonds. The van der Waals surface area contributed by atoms with E-state index >= 15 is 0 Å². The Morgan fingerprint density at radius 1 is 1.24 bits per heavy atom. The minimum Gasteiger partial charge on any atom is -0.497 e. The number of imidazole rings is 1. The van der Waals surface area contributed by atoms with Crippen molar-refractivity contribution >= 4 is 35.6 Å². The van der Waals surface area contributed by atoms with Crippen molar-refractivity contribution in [2.24, 2.45) is 10.9 Å². The van der Waals surface area contributed by atoms with Gasteiger partial charge in [-0.1, -0.05) is 19.9 Å². The number of anilines is 1. The summed E-state index contributed by atoms with van der Waals surface area (Å²) in [7, 11) is 3.55. The third-order valence-electron chi connectivity index (χ3n) is 4.98. The van der Waals surface area contributed by atoms with E-state index in [9.17, 15) is 0 Å². The van der Waals surface area contributed by atoms with Gasteiger partial charge in [-0.2, -0.15) is 0 Å². The number of aromatic nitrogens is 2. The van der Waals surface area contributed by atoms with Gasteiger partial charge in [-0.25, -0.2) is 4.98 Å². The molecular formula is C21H33IN6O. The molecule has 2 aromatic rings. The molecule has 8 heteroatoms. The summed E-state index contributed by atoms with van der Waals surface area (Å²) in [6.07, 6.45) is 3.92. The molecule has 0 atom stereocenters. The molecule has 1 saturated heterocycles. The van der Waals surface area contributed by atoms with Crippen LogP contribution in [0.5, 0.6) is 5.75 Å². The molecule has 0 unspecified atom stereocenters. The van der Waals surface area contributed by atoms with E-state index in [2.05, 4.69) is 55.6 Å². The topological polar surface area (TPSA) is 57.9 Å². The van der Waals surface area contributed by atoms with E-state index < -0.39 is 0 Å². The van der Waals surface area contributed by atoms with E-state index in [0.29, 0.717) is 12.5 Å². The zero-order chi connectivity index (χ0) is 19.9. The van der Waals surface area contributed by atoms with Gasteiger partial charge in [0.1, 0.15) is 11.6 Å². The first-order chi connectivity index (χ1) is 13.6. The summed E-state index contributed by atoms with van der Waals surface area (Å²) in [4.78, 5) is 13.7. The smallest absolute Gasteiger partial charge is 0.194 e. The van der Waals surface area contributed by atoms with Crippen LogP contribution in [0.2, 0.25) is 0 Å². The van der Waals surface area contributed by atoms with Crippen molar-refractivity contribution in [3.63, 3.8) is 0 Å². The van der Waals surface area contributed by atoms with Gasteiger partial charge in [0.2, 0.25) is 0 Å². The average Bonchev–Trinajstić information content (AvgIpc) is 3.15. The fourth-order valence-electron chi connectivity index (χ4n) is 3.54. The predicted molar refractivity (Wildman–Crippen MR) is 129 cm³/mol. The summed E-state index contributed by atoms with van der Waals surface area (Å²) in [5, 5.41) is 3.48. The van der Waals surface area contributed by atoms with Gasteiger partial charge >= 0.3 is 0 Å². The van der Waals surface area contributed by atoms with Gasteiger partial charge in [-0.15, -0.1) is 24.0 Å². The molecule has 1 aliphatic heterocycles. The number of ether oxygens (including phenoxy) is 1. The number of hydrogen-bond acceptors (Lipinski definition) is 4. The minimum atomic E-state index is 0. The Hall–Kier alpha value is -1.97. The highest BCUT2D eigenvalue weighted by atomic mass is 127. The lowest BCUT2D eigenvalue weighted by Crippen LogP contribution is -2.52. The van der Waals surface area contributed by atoms with E-state index in [1.54, 1.807) is 7.11 Å². The Kier molecular flexibility index (Phi) is 9.06. The Balaban J connectivity index is 0.00000300. The van der Waals surface area contributed by atoms with Crippen molar-refractivity contribution in [1.29, 1.82) is 0 Å². The summed E-state index contributed by atoms with van der Waals surface area (Å²) in [5.74, 6) is 3.47. The number of nitrogens with one attached hydrogen (secondary N) is 1. The summed E-state index contributed by atoms with van der Waals surface area (Å²) in [6.45, 7) is 9.87. The van der Waals surface area contributed by atoms with Crippen LogP contribution in [0.15, 0.2) is 41.7 Å². The van der Waals surface area contributed by atoms with Crippen molar-refractivity contribution in [2.45, 2.75) is 26.9 Å². The maximum Gasteiger partial charge on any atom is 0.194 e. The number of piperazine rings is 1. The monoisotopic (exact) mass is 512 g/mol. The normalized spacial score (nSPS) is 14.7. The zero-order valence-electron chi connectivity index (χ0n) is 17.8. The lowest BCUT2D eigenvalue weighted by molar-refractivity contribution is 0.370. The summed E-state index contributed by atoms with van der Waals surface area (Å²) in [6, 6.07) is 8.26. The summed E-state index contributed by atoms with van der Waals surface area (Å²) >= 11 is 0. The maximum atomic E-state index is 5.35. The standard InChI is InChI=1S/C21H32N6O.HI/c1-17(2)16-27-9-8-23-20(27)15-24-21(22-3)26-12-10-25(11-13-26)18-6-5-7-19(14-18)28-4;/h5-9,14,17H,10-13,15-16H2,1-4H3,(H,22,24);1H. The number of guanidine groups is 1. The number of rotatable bonds is 6. The lowest BCUT2D eigenvalue weighted by atomic mass is 10.2. The molecule has 0 aliphatic carbocycles. The molecule has 2 heterocycles. The third kappa shape index (κ3) is 6.25. The second-order valence-corrected chi connectivity index (χ2v) is 7.47. The molecule has 0 saturated carbocycles. The molecule has 1 aromatic heterocycles. The molecule has 3 rings (SSSR count). The number of aliphatic imine (C=N–C) groups is 1. The first-order valence-corrected chi connectivity index (χ1v) is 9.95. The lowest BCUT2D eigenvalue weighted by Gasteiger charge is -2.37. The molecule has 0 bridgehead atoms. The molecule has 1 aromatic carbocycles. The van der Waals surface area contributed by atoms with Gasteiger partial charge in [0, 0.05) is 63.9 Å². The van der Waals surface area contributed by atoms with Crippen molar-refractivity contribution in [2.75, 3.05) is 45.2 Å². The van der Waals surface area contributed by atoms with E-state index in [4.69, 9.17) is 4.74 Å². The quantitative estimate of drug-likeness (QED) is 0.367. The van der Waals surface area contributed by atoms with Gasteiger partial charge in [-0.3, -0.25) is 4.99 Å². The average molecular weight is 512 g/mol. The maximum absolute atomic E-state index is 5.35. The van der Waals surface area contributed by atoms with Crippen LogP contribution in [0.3, 0.4) is 0 Å². The van der Waals surface area contributed by atoms with E-state index in [-0.39, 0.29) is 24.0 Å². The SMILES string of the molecule is CN=C(NCc1nccn1CC(C)C)N1CCN(c2cccc(OC)c2)CC1.I. The number of methoxy groups -OCH3 is 1. The molecule has 29 heavy (non-hydrogen) atoms. The molecule has 160 valence electrons. The number of benzene rings is 1. The number of halogens is 1. The van der Waals surface area contributed by atoms with E-state index in [1.165, 1.54) is 5.69 Å². The van der Waals surface area contributed by atoms with Gasteiger partial charge in [0.15, 0.2) is 5.96 Å². The predicted octanol–water partition coefficient (Wildman–Crippen LogP) is 3.06. The van der Waals surface area contributed by atoms with Crippen LogP contribution in [0, 0.1) is 5.92 Å².